The van der Waals surface area contributed by atoms with Gasteiger partial charge in [-0.05, 0) is 30.9 Å². The van der Waals surface area contributed by atoms with Crippen LogP contribution in [0.1, 0.15) is 29.3 Å². The molecule has 0 spiro atoms. The summed E-state index contributed by atoms with van der Waals surface area (Å²) in [5, 5.41) is 0. The van der Waals surface area contributed by atoms with Gasteiger partial charge < -0.3 is 0 Å². The van der Waals surface area contributed by atoms with Crippen molar-refractivity contribution in [2.24, 2.45) is 11.8 Å². The van der Waals surface area contributed by atoms with Crippen LogP contribution in [0.15, 0.2) is 18.5 Å². The zero-order chi connectivity index (χ0) is 9.42. The Kier molecular flexibility index (Phi) is 1.91. The molecular formula is C11H13NO. The molecule has 1 saturated carbocycles. The molecule has 68 valence electrons. The molecule has 2 unspecified atom stereocenters. The van der Waals surface area contributed by atoms with Gasteiger partial charge in [0.2, 0.25) is 0 Å². The van der Waals surface area contributed by atoms with Crippen molar-refractivity contribution in [3.8, 4) is 0 Å². The average molecular weight is 175 g/mol. The number of Topliss-reactive ketones (excluding diaryl/α,β-unsaturated/α-hetero) is 1. The lowest BCUT2D eigenvalue weighted by atomic mass is 10.0. The third-order valence-electron chi connectivity index (χ3n) is 2.75. The van der Waals surface area contributed by atoms with E-state index in [0.29, 0.717) is 5.92 Å². The van der Waals surface area contributed by atoms with E-state index in [-0.39, 0.29) is 11.7 Å². The van der Waals surface area contributed by atoms with Crippen LogP contribution in [0.5, 0.6) is 0 Å². The number of rotatable bonds is 2. The molecule has 0 radical (unpaired) electrons. The maximum absolute atomic E-state index is 11.8. The summed E-state index contributed by atoms with van der Waals surface area (Å²) in [5.41, 5.74) is 1.84. The van der Waals surface area contributed by atoms with Gasteiger partial charge in [-0.15, -0.1) is 0 Å². The molecule has 13 heavy (non-hydrogen) atoms. The second-order valence-electron chi connectivity index (χ2n) is 3.87. The topological polar surface area (TPSA) is 30.0 Å². The molecule has 0 saturated heterocycles. The van der Waals surface area contributed by atoms with E-state index in [2.05, 4.69) is 11.9 Å². The van der Waals surface area contributed by atoms with Gasteiger partial charge in [0, 0.05) is 23.9 Å². The lowest BCUT2D eigenvalue weighted by Gasteiger charge is -2.01. The van der Waals surface area contributed by atoms with Crippen LogP contribution in [0.4, 0.5) is 0 Å². The fourth-order valence-electron chi connectivity index (χ4n) is 1.61. The lowest BCUT2D eigenvalue weighted by molar-refractivity contribution is 0.0961. The molecule has 1 aliphatic carbocycles. The molecule has 0 aliphatic heterocycles. The number of aryl methyl sites for hydroxylation is 1. The van der Waals surface area contributed by atoms with E-state index < -0.39 is 0 Å². The normalized spacial score (nSPS) is 25.7. The van der Waals surface area contributed by atoms with Crippen molar-refractivity contribution in [2.45, 2.75) is 20.3 Å². The van der Waals surface area contributed by atoms with Crippen molar-refractivity contribution >= 4 is 5.78 Å². The highest BCUT2D eigenvalue weighted by molar-refractivity contribution is 6.00. The number of ketones is 1. The molecule has 1 fully saturated rings. The van der Waals surface area contributed by atoms with Gasteiger partial charge in [-0.1, -0.05) is 6.92 Å². The second-order valence-corrected chi connectivity index (χ2v) is 3.87. The first-order chi connectivity index (χ1) is 6.20. The van der Waals surface area contributed by atoms with Crippen molar-refractivity contribution in [3.05, 3.63) is 29.6 Å². The fourth-order valence-corrected chi connectivity index (χ4v) is 1.61. The van der Waals surface area contributed by atoms with Crippen LogP contribution in [-0.2, 0) is 0 Å². The van der Waals surface area contributed by atoms with Gasteiger partial charge in [0.1, 0.15) is 0 Å². The summed E-state index contributed by atoms with van der Waals surface area (Å²) < 4.78 is 0. The van der Waals surface area contributed by atoms with Gasteiger partial charge in [-0.2, -0.15) is 0 Å². The maximum atomic E-state index is 11.8. The molecule has 2 rings (SSSR count). The summed E-state index contributed by atoms with van der Waals surface area (Å²) in [6.45, 7) is 4.08. The summed E-state index contributed by atoms with van der Waals surface area (Å²) in [4.78, 5) is 15.8. The molecule has 2 atom stereocenters. The molecule has 0 bridgehead atoms. The quantitative estimate of drug-likeness (QED) is 0.645. The van der Waals surface area contributed by atoms with E-state index in [1.165, 1.54) is 0 Å². The van der Waals surface area contributed by atoms with Crippen molar-refractivity contribution in [3.63, 3.8) is 0 Å². The van der Waals surface area contributed by atoms with Crippen LogP contribution in [0.3, 0.4) is 0 Å². The zero-order valence-electron chi connectivity index (χ0n) is 7.95. The van der Waals surface area contributed by atoms with E-state index in [9.17, 15) is 4.79 Å². The first kappa shape index (κ1) is 8.42. The van der Waals surface area contributed by atoms with Gasteiger partial charge in [-0.3, -0.25) is 9.78 Å². The summed E-state index contributed by atoms with van der Waals surface area (Å²) in [7, 11) is 0. The lowest BCUT2D eigenvalue weighted by Crippen LogP contribution is -2.05. The van der Waals surface area contributed by atoms with Crippen LogP contribution in [0.25, 0.3) is 0 Å². The number of hydrogen-bond donors (Lipinski definition) is 0. The van der Waals surface area contributed by atoms with Gasteiger partial charge in [0.05, 0.1) is 0 Å². The van der Waals surface area contributed by atoms with Crippen molar-refractivity contribution in [2.75, 3.05) is 0 Å². The SMILES string of the molecule is Cc1ccncc1C(=O)C1CC1C. The summed E-state index contributed by atoms with van der Waals surface area (Å²) in [5.74, 6) is 1.12. The van der Waals surface area contributed by atoms with Crippen LogP contribution in [0.2, 0.25) is 0 Å². The van der Waals surface area contributed by atoms with Gasteiger partial charge in [0.15, 0.2) is 5.78 Å². The number of aromatic nitrogens is 1. The number of nitrogens with zero attached hydrogens (tertiary/aromatic N) is 1. The molecular weight excluding hydrogens is 162 g/mol. The molecule has 0 amide bonds. The Morgan fingerprint density at radius 1 is 1.62 bits per heavy atom. The minimum absolute atomic E-state index is 0.267. The Bertz CT molecular complexity index is 346. The molecule has 2 heteroatoms. The van der Waals surface area contributed by atoms with Crippen LogP contribution >= 0.6 is 0 Å². The summed E-state index contributed by atoms with van der Waals surface area (Å²) in [6.07, 6.45) is 4.46. The van der Waals surface area contributed by atoms with Crippen LogP contribution in [-0.4, -0.2) is 10.8 Å². The van der Waals surface area contributed by atoms with E-state index >= 15 is 0 Å². The van der Waals surface area contributed by atoms with Gasteiger partial charge >= 0.3 is 0 Å². The third kappa shape index (κ3) is 1.48. The molecule has 0 aromatic carbocycles. The highest BCUT2D eigenvalue weighted by Crippen LogP contribution is 2.40. The maximum Gasteiger partial charge on any atom is 0.168 e. The molecule has 1 aromatic rings. The Hall–Kier alpha value is -1.18. The third-order valence-corrected chi connectivity index (χ3v) is 2.75. The highest BCUT2D eigenvalue weighted by atomic mass is 16.1. The molecule has 1 aromatic heterocycles. The number of carbonyl (C=O) groups excluding carboxylic acids is 1. The standard InChI is InChI=1S/C11H13NO/c1-7-3-4-12-6-10(7)11(13)9-5-8(9)2/h3-4,6,8-9H,5H2,1-2H3. The molecule has 0 N–H and O–H groups in total. The fraction of sp³-hybridized carbons (Fsp3) is 0.455. The highest BCUT2D eigenvalue weighted by Gasteiger charge is 2.39. The van der Waals surface area contributed by atoms with Gasteiger partial charge in [0.25, 0.3) is 0 Å². The number of hydrogen-bond acceptors (Lipinski definition) is 2. The molecule has 1 heterocycles. The van der Waals surface area contributed by atoms with Crippen LogP contribution in [0, 0.1) is 18.8 Å². The minimum Gasteiger partial charge on any atom is -0.294 e. The smallest absolute Gasteiger partial charge is 0.168 e. The van der Waals surface area contributed by atoms with Crippen LogP contribution < -0.4 is 0 Å². The van der Waals surface area contributed by atoms with Gasteiger partial charge in [-0.25, -0.2) is 0 Å². The van der Waals surface area contributed by atoms with E-state index in [0.717, 1.165) is 17.5 Å². The first-order valence-electron chi connectivity index (χ1n) is 4.65. The largest absolute Gasteiger partial charge is 0.294 e. The first-order valence-corrected chi connectivity index (χ1v) is 4.65. The second kappa shape index (κ2) is 2.95. The number of carbonyl (C=O) groups is 1. The Balaban J connectivity index is 2.25. The van der Waals surface area contributed by atoms with Crippen molar-refractivity contribution in [1.82, 2.24) is 4.98 Å². The van der Waals surface area contributed by atoms with Crippen molar-refractivity contribution in [1.29, 1.82) is 0 Å². The summed E-state index contributed by atoms with van der Waals surface area (Å²) >= 11 is 0. The van der Waals surface area contributed by atoms with E-state index in [1.54, 1.807) is 12.4 Å². The Morgan fingerprint density at radius 3 is 2.85 bits per heavy atom. The van der Waals surface area contributed by atoms with E-state index in [1.807, 2.05) is 13.0 Å². The predicted octanol–water partition coefficient (Wildman–Crippen LogP) is 2.23. The summed E-state index contributed by atoms with van der Waals surface area (Å²) in [6, 6.07) is 1.89. The zero-order valence-corrected chi connectivity index (χ0v) is 7.95. The molecule has 2 nitrogen and oxygen atoms in total. The minimum atomic E-state index is 0.267. The van der Waals surface area contributed by atoms with Crippen molar-refractivity contribution < 1.29 is 4.79 Å². The van der Waals surface area contributed by atoms with E-state index in [4.69, 9.17) is 0 Å². The monoisotopic (exact) mass is 175 g/mol. The average Bonchev–Trinajstić information content (AvgIpc) is 2.82. The predicted molar refractivity (Wildman–Crippen MR) is 50.6 cm³/mol. The molecule has 1 aliphatic rings. The number of pyridine rings is 1. The Morgan fingerprint density at radius 2 is 2.31 bits per heavy atom. The Labute approximate surface area is 78.0 Å².